The Morgan fingerprint density at radius 2 is 2.02 bits per heavy atom. The van der Waals surface area contributed by atoms with Crippen molar-refractivity contribution < 1.29 is 27.0 Å². The summed E-state index contributed by atoms with van der Waals surface area (Å²) in [5.41, 5.74) is 3.58. The van der Waals surface area contributed by atoms with Crippen LogP contribution in [-0.2, 0) is 43.6 Å². The molecule has 0 spiro atoms. The zero-order valence-corrected chi connectivity index (χ0v) is 24.8. The number of nitrogens with zero attached hydrogens (tertiary/aromatic N) is 5. The fourth-order valence-electron chi connectivity index (χ4n) is 5.75. The molecule has 0 unspecified atom stereocenters. The fourth-order valence-corrected chi connectivity index (χ4v) is 5.91. The Hall–Kier alpha value is -4.00. The van der Waals surface area contributed by atoms with E-state index in [2.05, 4.69) is 19.8 Å². The van der Waals surface area contributed by atoms with E-state index in [0.29, 0.717) is 43.9 Å². The number of nitrogens with one attached hydrogen (secondary N) is 1. The maximum absolute atomic E-state index is 14.3. The van der Waals surface area contributed by atoms with Crippen LogP contribution in [-0.4, -0.2) is 50.2 Å². The molecule has 1 saturated heterocycles. The zero-order chi connectivity index (χ0) is 31.1. The average molecular weight is 641 g/mol. The van der Waals surface area contributed by atoms with Crippen LogP contribution in [0.1, 0.15) is 40.3 Å². The van der Waals surface area contributed by atoms with Crippen LogP contribution in [0.4, 0.5) is 17.6 Å². The summed E-state index contributed by atoms with van der Waals surface area (Å²) in [6.45, 7) is 2.99. The molecule has 0 bridgehead atoms. The van der Waals surface area contributed by atoms with Gasteiger partial charge in [-0.2, -0.15) is 13.2 Å². The Kier molecular flexibility index (Phi) is 7.96. The molecular formula is C32H29ClF4N6O2. The van der Waals surface area contributed by atoms with Crippen molar-refractivity contribution in [2.75, 3.05) is 19.7 Å². The normalized spacial score (nSPS) is 18.3. The number of hydrogen-bond donors (Lipinski definition) is 1. The number of rotatable bonds is 8. The Bertz CT molecular complexity index is 1820. The standard InChI is InChI=1S/C32H29ClF4N6O2/c33-22-4-3-21(25(34)11-22)18-45-31-24(32(35,36)37)10-19-5-8-42(16-28(19)41-31)17-30-40-27-12-26(20-2-1-7-38-13-20)39-14-29(27)43(30)15-23-6-9-44-23/h1-4,10-14,23,38H,5-9,15-18H2/t23-/m0/s1. The number of benzene rings is 1. The van der Waals surface area contributed by atoms with E-state index in [0.717, 1.165) is 59.8 Å². The number of fused-ring (bicyclic) bond motifs is 2. The Morgan fingerprint density at radius 3 is 2.76 bits per heavy atom. The first-order valence-electron chi connectivity index (χ1n) is 14.7. The van der Waals surface area contributed by atoms with Crippen molar-refractivity contribution in [1.29, 1.82) is 0 Å². The van der Waals surface area contributed by atoms with Crippen molar-refractivity contribution in [3.8, 4) is 5.88 Å². The molecule has 13 heteroatoms. The summed E-state index contributed by atoms with van der Waals surface area (Å²) in [4.78, 5) is 16.1. The molecule has 3 aliphatic rings. The highest BCUT2D eigenvalue weighted by Gasteiger charge is 2.37. The smallest absolute Gasteiger partial charge is 0.421 e. The van der Waals surface area contributed by atoms with Gasteiger partial charge in [-0.3, -0.25) is 9.88 Å². The molecule has 0 aliphatic carbocycles. The zero-order valence-electron chi connectivity index (χ0n) is 24.1. The third-order valence-corrected chi connectivity index (χ3v) is 8.49. The van der Waals surface area contributed by atoms with Gasteiger partial charge in [0.2, 0.25) is 5.88 Å². The monoisotopic (exact) mass is 640 g/mol. The summed E-state index contributed by atoms with van der Waals surface area (Å²) in [6, 6.07) is 7.00. The number of imidazole rings is 1. The highest BCUT2D eigenvalue weighted by molar-refractivity contribution is 6.30. The van der Waals surface area contributed by atoms with E-state index in [1.54, 1.807) is 0 Å². The molecular weight excluding hydrogens is 612 g/mol. The van der Waals surface area contributed by atoms with E-state index in [9.17, 15) is 17.6 Å². The summed E-state index contributed by atoms with van der Waals surface area (Å²) < 4.78 is 69.7. The van der Waals surface area contributed by atoms with Crippen molar-refractivity contribution in [3.05, 3.63) is 99.6 Å². The first kappa shape index (κ1) is 29.7. The molecule has 3 aliphatic heterocycles. The number of aromatic nitrogens is 4. The van der Waals surface area contributed by atoms with Gasteiger partial charge in [0.15, 0.2) is 0 Å². The van der Waals surface area contributed by atoms with Crippen LogP contribution in [0, 0.1) is 5.82 Å². The minimum Gasteiger partial charge on any atom is -0.472 e. The second-order valence-electron chi connectivity index (χ2n) is 11.3. The fraction of sp³-hybridized carbons (Fsp3) is 0.344. The van der Waals surface area contributed by atoms with Gasteiger partial charge < -0.3 is 19.4 Å². The molecule has 7 rings (SSSR count). The molecule has 1 aromatic carbocycles. The van der Waals surface area contributed by atoms with Crippen molar-refractivity contribution in [3.63, 3.8) is 0 Å². The van der Waals surface area contributed by atoms with Gasteiger partial charge in [0.1, 0.15) is 23.8 Å². The van der Waals surface area contributed by atoms with E-state index in [1.165, 1.54) is 12.1 Å². The average Bonchev–Trinajstić information content (AvgIpc) is 3.33. The van der Waals surface area contributed by atoms with Gasteiger partial charge in [-0.15, -0.1) is 0 Å². The molecule has 1 fully saturated rings. The SMILES string of the molecule is Fc1cc(Cl)ccc1COc1nc2c(cc1C(F)(F)F)CCN(Cc1nc3cc(C4=CNCC=C4)ncc3n1C[C@@H]1CCO1)C2. The lowest BCUT2D eigenvalue weighted by Crippen LogP contribution is -2.34. The van der Waals surface area contributed by atoms with E-state index < -0.39 is 30.0 Å². The summed E-state index contributed by atoms with van der Waals surface area (Å²) in [6.07, 6.45) is 4.56. The van der Waals surface area contributed by atoms with Crippen molar-refractivity contribution >= 4 is 28.2 Å². The third-order valence-electron chi connectivity index (χ3n) is 8.26. The Labute approximate surface area is 261 Å². The number of allylic oxidation sites excluding steroid dienone is 2. The lowest BCUT2D eigenvalue weighted by Gasteiger charge is -2.30. The van der Waals surface area contributed by atoms with Crippen LogP contribution in [0.5, 0.6) is 5.88 Å². The van der Waals surface area contributed by atoms with Gasteiger partial charge >= 0.3 is 6.18 Å². The highest BCUT2D eigenvalue weighted by Crippen LogP contribution is 2.38. The Morgan fingerprint density at radius 1 is 1.16 bits per heavy atom. The van der Waals surface area contributed by atoms with E-state index >= 15 is 0 Å². The summed E-state index contributed by atoms with van der Waals surface area (Å²) in [5, 5.41) is 3.38. The van der Waals surface area contributed by atoms with Crippen LogP contribution in [0.3, 0.4) is 0 Å². The van der Waals surface area contributed by atoms with Gasteiger partial charge in [-0.05, 0) is 42.7 Å². The van der Waals surface area contributed by atoms with Gasteiger partial charge in [0.25, 0.3) is 0 Å². The second kappa shape index (κ2) is 12.1. The molecule has 0 saturated carbocycles. The molecule has 0 amide bonds. The number of halogens is 5. The van der Waals surface area contributed by atoms with Crippen LogP contribution in [0.25, 0.3) is 16.6 Å². The van der Waals surface area contributed by atoms with Crippen LogP contribution >= 0.6 is 11.6 Å². The molecule has 3 aromatic heterocycles. The molecule has 234 valence electrons. The first-order valence-corrected chi connectivity index (χ1v) is 15.1. The van der Waals surface area contributed by atoms with E-state index in [4.69, 9.17) is 31.0 Å². The molecule has 8 nitrogen and oxygen atoms in total. The topological polar surface area (TPSA) is 77.3 Å². The second-order valence-corrected chi connectivity index (χ2v) is 11.8. The largest absolute Gasteiger partial charge is 0.472 e. The maximum atomic E-state index is 14.3. The number of ether oxygens (including phenoxy) is 2. The Balaban J connectivity index is 1.16. The summed E-state index contributed by atoms with van der Waals surface area (Å²) >= 11 is 5.81. The molecule has 1 atom stereocenters. The molecule has 45 heavy (non-hydrogen) atoms. The minimum atomic E-state index is -4.69. The van der Waals surface area contributed by atoms with Crippen LogP contribution in [0.2, 0.25) is 5.02 Å². The van der Waals surface area contributed by atoms with Crippen molar-refractivity contribution in [2.24, 2.45) is 0 Å². The molecule has 0 radical (unpaired) electrons. The van der Waals surface area contributed by atoms with E-state index in [1.807, 2.05) is 30.6 Å². The summed E-state index contributed by atoms with van der Waals surface area (Å²) in [7, 11) is 0. The lowest BCUT2D eigenvalue weighted by molar-refractivity contribution is -0.139. The van der Waals surface area contributed by atoms with Gasteiger partial charge in [-0.25, -0.2) is 14.4 Å². The van der Waals surface area contributed by atoms with Gasteiger partial charge in [0, 0.05) is 48.6 Å². The van der Waals surface area contributed by atoms with Crippen LogP contribution in [0.15, 0.2) is 54.9 Å². The first-order chi connectivity index (χ1) is 21.7. The van der Waals surface area contributed by atoms with Crippen molar-refractivity contribution in [2.45, 2.75) is 51.4 Å². The highest BCUT2D eigenvalue weighted by atomic mass is 35.5. The summed E-state index contributed by atoms with van der Waals surface area (Å²) in [5.74, 6) is -0.428. The van der Waals surface area contributed by atoms with Gasteiger partial charge in [-0.1, -0.05) is 29.8 Å². The lowest BCUT2D eigenvalue weighted by atomic mass is 10.0. The van der Waals surface area contributed by atoms with Gasteiger partial charge in [0.05, 0.1) is 47.8 Å². The number of alkyl halides is 3. The van der Waals surface area contributed by atoms with E-state index in [-0.39, 0.29) is 16.7 Å². The van der Waals surface area contributed by atoms with Crippen molar-refractivity contribution in [1.82, 2.24) is 29.7 Å². The predicted molar refractivity (Wildman–Crippen MR) is 160 cm³/mol. The molecule has 4 aromatic rings. The third kappa shape index (κ3) is 6.27. The minimum absolute atomic E-state index is 0.0766. The number of dihydropyridines is 1. The van der Waals surface area contributed by atoms with Crippen LogP contribution < -0.4 is 10.1 Å². The maximum Gasteiger partial charge on any atom is 0.421 e. The predicted octanol–water partition coefficient (Wildman–Crippen LogP) is 6.06. The molecule has 1 N–H and O–H groups in total. The number of pyridine rings is 2. The quantitative estimate of drug-likeness (QED) is 0.235. The molecule has 6 heterocycles. The number of hydrogen-bond acceptors (Lipinski definition) is 7.